The minimum Gasteiger partial charge on any atom is -0.508 e. The highest BCUT2D eigenvalue weighted by Crippen LogP contribution is 2.28. The molecule has 1 atom stereocenters. The Morgan fingerprint density at radius 2 is 2.06 bits per heavy atom. The molecule has 0 aliphatic carbocycles. The summed E-state index contributed by atoms with van der Waals surface area (Å²) in [5.41, 5.74) is 0.795. The summed E-state index contributed by atoms with van der Waals surface area (Å²) in [7, 11) is 0. The van der Waals surface area contributed by atoms with Crippen LogP contribution in [0.3, 0.4) is 0 Å². The van der Waals surface area contributed by atoms with E-state index in [9.17, 15) is 9.50 Å². The van der Waals surface area contributed by atoms with Gasteiger partial charge in [-0.2, -0.15) is 0 Å². The van der Waals surface area contributed by atoms with Crippen molar-refractivity contribution in [1.29, 1.82) is 0 Å². The summed E-state index contributed by atoms with van der Waals surface area (Å²) < 4.78 is 12.9. The predicted octanol–water partition coefficient (Wildman–Crippen LogP) is 1.50. The number of halogens is 1. The minimum absolute atomic E-state index is 0.0473. The van der Waals surface area contributed by atoms with E-state index in [0.29, 0.717) is 0 Å². The van der Waals surface area contributed by atoms with Gasteiger partial charge in [-0.05, 0) is 13.0 Å². The van der Waals surface area contributed by atoms with Crippen LogP contribution in [0.1, 0.15) is 18.5 Å². The second-order valence-electron chi connectivity index (χ2n) is 4.17. The molecule has 3 nitrogen and oxygen atoms in total. The van der Waals surface area contributed by atoms with Crippen LogP contribution in [0, 0.1) is 5.82 Å². The molecule has 0 spiro atoms. The quantitative estimate of drug-likeness (QED) is 0.799. The molecule has 1 fully saturated rings. The Morgan fingerprint density at radius 3 is 2.69 bits per heavy atom. The van der Waals surface area contributed by atoms with Crippen molar-refractivity contribution in [2.75, 3.05) is 26.2 Å². The van der Waals surface area contributed by atoms with Gasteiger partial charge in [-0.1, -0.05) is 6.07 Å². The predicted molar refractivity (Wildman–Crippen MR) is 60.9 cm³/mol. The smallest absolute Gasteiger partial charge is 0.126 e. The Bertz CT molecular complexity index is 364. The zero-order chi connectivity index (χ0) is 11.5. The number of piperazine rings is 1. The van der Waals surface area contributed by atoms with Crippen molar-refractivity contribution in [3.8, 4) is 5.75 Å². The van der Waals surface area contributed by atoms with Crippen LogP contribution < -0.4 is 5.32 Å². The SMILES string of the molecule is CC(c1ccc(F)cc1O)N1CCNCC1. The average Bonchev–Trinajstić information content (AvgIpc) is 2.29. The van der Waals surface area contributed by atoms with Gasteiger partial charge < -0.3 is 10.4 Å². The molecule has 2 rings (SSSR count). The molecule has 1 aliphatic heterocycles. The van der Waals surface area contributed by atoms with Gasteiger partial charge in [0, 0.05) is 43.9 Å². The highest BCUT2D eigenvalue weighted by molar-refractivity contribution is 5.35. The Labute approximate surface area is 94.9 Å². The Hall–Kier alpha value is -1.13. The summed E-state index contributed by atoms with van der Waals surface area (Å²) in [5.74, 6) is -0.347. The number of aromatic hydroxyl groups is 1. The third-order valence-electron chi connectivity index (χ3n) is 3.14. The van der Waals surface area contributed by atoms with Crippen molar-refractivity contribution in [3.63, 3.8) is 0 Å². The lowest BCUT2D eigenvalue weighted by Crippen LogP contribution is -2.44. The molecule has 88 valence electrons. The van der Waals surface area contributed by atoms with E-state index in [1.165, 1.54) is 12.1 Å². The lowest BCUT2D eigenvalue weighted by molar-refractivity contribution is 0.183. The molecule has 0 saturated carbocycles. The highest BCUT2D eigenvalue weighted by atomic mass is 19.1. The van der Waals surface area contributed by atoms with E-state index in [2.05, 4.69) is 10.2 Å². The monoisotopic (exact) mass is 224 g/mol. The molecule has 1 aromatic carbocycles. The third-order valence-corrected chi connectivity index (χ3v) is 3.14. The van der Waals surface area contributed by atoms with Gasteiger partial charge in [0.05, 0.1) is 0 Å². The lowest BCUT2D eigenvalue weighted by Gasteiger charge is -2.33. The Kier molecular flexibility index (Phi) is 3.41. The average molecular weight is 224 g/mol. The number of nitrogens with zero attached hydrogens (tertiary/aromatic N) is 1. The minimum atomic E-state index is -0.395. The van der Waals surface area contributed by atoms with Crippen LogP contribution in [0.4, 0.5) is 4.39 Å². The van der Waals surface area contributed by atoms with Crippen molar-refractivity contribution < 1.29 is 9.50 Å². The van der Waals surface area contributed by atoms with E-state index < -0.39 is 5.82 Å². The maximum Gasteiger partial charge on any atom is 0.126 e. The van der Waals surface area contributed by atoms with Gasteiger partial charge >= 0.3 is 0 Å². The first-order valence-corrected chi connectivity index (χ1v) is 5.61. The summed E-state index contributed by atoms with van der Waals surface area (Å²) >= 11 is 0. The summed E-state index contributed by atoms with van der Waals surface area (Å²) in [6, 6.07) is 4.36. The van der Waals surface area contributed by atoms with E-state index in [-0.39, 0.29) is 11.8 Å². The molecule has 1 saturated heterocycles. The number of benzene rings is 1. The van der Waals surface area contributed by atoms with Gasteiger partial charge in [0.25, 0.3) is 0 Å². The summed E-state index contributed by atoms with van der Waals surface area (Å²) in [4.78, 5) is 2.28. The van der Waals surface area contributed by atoms with E-state index >= 15 is 0 Å². The van der Waals surface area contributed by atoms with E-state index in [4.69, 9.17) is 0 Å². The number of rotatable bonds is 2. The molecule has 0 aromatic heterocycles. The van der Waals surface area contributed by atoms with Crippen LogP contribution in [0.15, 0.2) is 18.2 Å². The van der Waals surface area contributed by atoms with E-state index in [1.54, 1.807) is 6.07 Å². The fourth-order valence-electron chi connectivity index (χ4n) is 2.14. The maximum absolute atomic E-state index is 12.9. The summed E-state index contributed by atoms with van der Waals surface area (Å²) in [5, 5.41) is 13.0. The molecule has 1 heterocycles. The second kappa shape index (κ2) is 4.80. The second-order valence-corrected chi connectivity index (χ2v) is 4.17. The first-order chi connectivity index (χ1) is 7.68. The molecule has 1 aliphatic rings. The summed E-state index contributed by atoms with van der Waals surface area (Å²) in [6.45, 7) is 5.88. The van der Waals surface area contributed by atoms with Crippen molar-refractivity contribution >= 4 is 0 Å². The molecule has 1 unspecified atom stereocenters. The van der Waals surface area contributed by atoms with Crippen LogP contribution in [0.25, 0.3) is 0 Å². The maximum atomic E-state index is 12.9. The van der Waals surface area contributed by atoms with Crippen LogP contribution in [0.5, 0.6) is 5.75 Å². The Balaban J connectivity index is 2.15. The molecule has 0 bridgehead atoms. The first-order valence-electron chi connectivity index (χ1n) is 5.61. The number of hydrogen-bond donors (Lipinski definition) is 2. The Morgan fingerprint density at radius 1 is 1.38 bits per heavy atom. The van der Waals surface area contributed by atoms with Gasteiger partial charge in [-0.3, -0.25) is 4.90 Å². The van der Waals surface area contributed by atoms with Gasteiger partial charge in [0.2, 0.25) is 0 Å². The number of phenolic OH excluding ortho intramolecular Hbond substituents is 1. The highest BCUT2D eigenvalue weighted by Gasteiger charge is 2.20. The van der Waals surface area contributed by atoms with Crippen molar-refractivity contribution in [2.45, 2.75) is 13.0 Å². The molecule has 1 aromatic rings. The standard InChI is InChI=1S/C12H17FN2O/c1-9(15-6-4-14-5-7-15)11-3-2-10(13)8-12(11)16/h2-3,8-9,14,16H,4-7H2,1H3. The van der Waals surface area contributed by atoms with Crippen LogP contribution >= 0.6 is 0 Å². The normalized spacial score (nSPS) is 19.6. The molecular formula is C12H17FN2O. The summed E-state index contributed by atoms with van der Waals surface area (Å²) in [6.07, 6.45) is 0. The van der Waals surface area contributed by atoms with E-state index in [1.807, 2.05) is 6.92 Å². The number of nitrogens with one attached hydrogen (secondary N) is 1. The molecule has 4 heteroatoms. The third kappa shape index (κ3) is 2.33. The van der Waals surface area contributed by atoms with Gasteiger partial charge in [0.15, 0.2) is 0 Å². The molecule has 0 radical (unpaired) electrons. The largest absolute Gasteiger partial charge is 0.508 e. The number of hydrogen-bond acceptors (Lipinski definition) is 3. The van der Waals surface area contributed by atoms with Crippen LogP contribution in [-0.4, -0.2) is 36.2 Å². The van der Waals surface area contributed by atoms with Crippen molar-refractivity contribution in [3.05, 3.63) is 29.6 Å². The van der Waals surface area contributed by atoms with Crippen molar-refractivity contribution in [1.82, 2.24) is 10.2 Å². The molecule has 2 N–H and O–H groups in total. The lowest BCUT2D eigenvalue weighted by atomic mass is 10.0. The topological polar surface area (TPSA) is 35.5 Å². The van der Waals surface area contributed by atoms with E-state index in [0.717, 1.165) is 31.7 Å². The van der Waals surface area contributed by atoms with Gasteiger partial charge in [0.1, 0.15) is 11.6 Å². The zero-order valence-electron chi connectivity index (χ0n) is 9.41. The van der Waals surface area contributed by atoms with Crippen LogP contribution in [0.2, 0.25) is 0 Å². The number of phenols is 1. The van der Waals surface area contributed by atoms with Gasteiger partial charge in [-0.25, -0.2) is 4.39 Å². The fourth-order valence-corrected chi connectivity index (χ4v) is 2.14. The molecule has 0 amide bonds. The zero-order valence-corrected chi connectivity index (χ0v) is 9.41. The van der Waals surface area contributed by atoms with Crippen LogP contribution in [-0.2, 0) is 0 Å². The van der Waals surface area contributed by atoms with Crippen molar-refractivity contribution in [2.24, 2.45) is 0 Å². The molecule has 16 heavy (non-hydrogen) atoms. The molecular weight excluding hydrogens is 207 g/mol. The fraction of sp³-hybridized carbons (Fsp3) is 0.500. The van der Waals surface area contributed by atoms with Gasteiger partial charge in [-0.15, -0.1) is 0 Å². The first kappa shape index (κ1) is 11.4.